The third kappa shape index (κ3) is 2.94. The number of anilines is 1. The van der Waals surface area contributed by atoms with E-state index in [1.54, 1.807) is 11.0 Å². The van der Waals surface area contributed by atoms with Crippen LogP contribution in [-0.4, -0.2) is 69.8 Å². The molecule has 5 atom stereocenters. The lowest BCUT2D eigenvalue weighted by Crippen LogP contribution is -2.78. The molecule has 184 valence electrons. The molecule has 2 aliphatic carbocycles. The summed E-state index contributed by atoms with van der Waals surface area (Å²) in [6, 6.07) is 10.8. The second kappa shape index (κ2) is 7.73. The minimum Gasteiger partial charge on any atom is -0.504 e. The minimum absolute atomic E-state index is 0.00191. The monoisotopic (exact) mass is 475 g/mol. The number of benzene rings is 2. The molecule has 1 saturated heterocycles. The number of hydrogen-bond donors (Lipinski definition) is 3. The standard InChI is InChI=1S/C28H33N3O4/c1-3-13-31-14-12-27-24-18-6-9-21(32)25(24)35-26(27)20(10-11-28(27,34)22(31)16-18)30(2)23(33)15-17-4-7-19(29)8-5-17/h3-9,20,22,26,32,34H,1,10-16,29H2,2H3/t20-,22-,26+,27+,28-/m1/s1. The van der Waals surface area contributed by atoms with Crippen LogP contribution in [0.5, 0.6) is 11.5 Å². The first kappa shape index (κ1) is 22.4. The van der Waals surface area contributed by atoms with Gasteiger partial charge in [0.25, 0.3) is 0 Å². The molecule has 2 bridgehead atoms. The summed E-state index contributed by atoms with van der Waals surface area (Å²) in [6.07, 6.45) is 4.38. The number of rotatable bonds is 5. The summed E-state index contributed by atoms with van der Waals surface area (Å²) in [5, 5.41) is 23.2. The van der Waals surface area contributed by atoms with Gasteiger partial charge in [-0.15, -0.1) is 6.58 Å². The van der Waals surface area contributed by atoms with Gasteiger partial charge in [-0.2, -0.15) is 0 Å². The Morgan fingerprint density at radius 3 is 2.80 bits per heavy atom. The number of aromatic hydroxyl groups is 1. The van der Waals surface area contributed by atoms with Crippen LogP contribution < -0.4 is 10.5 Å². The molecule has 2 aliphatic heterocycles. The maximum absolute atomic E-state index is 13.4. The molecule has 0 aromatic heterocycles. The van der Waals surface area contributed by atoms with E-state index in [0.29, 0.717) is 37.1 Å². The third-order valence-electron chi connectivity index (χ3n) is 9.13. The smallest absolute Gasteiger partial charge is 0.227 e. The molecule has 2 heterocycles. The number of nitrogens with two attached hydrogens (primary N) is 1. The van der Waals surface area contributed by atoms with Crippen molar-refractivity contribution >= 4 is 11.6 Å². The first-order valence-corrected chi connectivity index (χ1v) is 12.5. The molecule has 6 rings (SSSR count). The summed E-state index contributed by atoms with van der Waals surface area (Å²) >= 11 is 0. The fourth-order valence-electron chi connectivity index (χ4n) is 7.51. The van der Waals surface area contributed by atoms with Crippen LogP contribution in [0.1, 0.15) is 36.0 Å². The molecular formula is C28H33N3O4. The molecule has 0 radical (unpaired) electrons. The van der Waals surface area contributed by atoms with Gasteiger partial charge in [-0.1, -0.05) is 24.3 Å². The number of piperidine rings is 1. The lowest BCUT2D eigenvalue weighted by Gasteiger charge is -2.64. The largest absolute Gasteiger partial charge is 0.504 e. The van der Waals surface area contributed by atoms with Gasteiger partial charge in [0, 0.05) is 30.9 Å². The average molecular weight is 476 g/mol. The van der Waals surface area contributed by atoms with Gasteiger partial charge in [-0.3, -0.25) is 9.69 Å². The highest BCUT2D eigenvalue weighted by atomic mass is 16.5. The Labute approximate surface area is 205 Å². The molecule has 2 fully saturated rings. The fraction of sp³-hybridized carbons (Fsp3) is 0.464. The zero-order valence-electron chi connectivity index (χ0n) is 20.1. The summed E-state index contributed by atoms with van der Waals surface area (Å²) in [4.78, 5) is 17.5. The molecule has 7 nitrogen and oxygen atoms in total. The SMILES string of the molecule is C=CCN1CC[C@]23c4c5ccc(O)c4O[C@H]2[C@H](N(C)C(=O)Cc2ccc(N)cc2)CC[C@@]3(O)[C@H]1C5. The molecule has 35 heavy (non-hydrogen) atoms. The lowest BCUT2D eigenvalue weighted by atomic mass is 9.48. The zero-order valence-corrected chi connectivity index (χ0v) is 20.1. The van der Waals surface area contributed by atoms with Crippen molar-refractivity contribution < 1.29 is 19.7 Å². The van der Waals surface area contributed by atoms with Crippen molar-refractivity contribution in [1.29, 1.82) is 0 Å². The average Bonchev–Trinajstić information content (AvgIpc) is 3.19. The van der Waals surface area contributed by atoms with Crippen LogP contribution in [0.4, 0.5) is 5.69 Å². The molecule has 4 N–H and O–H groups in total. The second-order valence-electron chi connectivity index (χ2n) is 10.7. The van der Waals surface area contributed by atoms with Crippen LogP contribution in [-0.2, 0) is 23.1 Å². The summed E-state index contributed by atoms with van der Waals surface area (Å²) in [7, 11) is 1.84. The summed E-state index contributed by atoms with van der Waals surface area (Å²) in [5.41, 5.74) is 7.81. The second-order valence-corrected chi connectivity index (χ2v) is 10.7. The number of likely N-dealkylation sites (tertiary alicyclic amines) is 1. The van der Waals surface area contributed by atoms with Gasteiger partial charge in [0.1, 0.15) is 6.10 Å². The van der Waals surface area contributed by atoms with E-state index in [1.165, 1.54) is 0 Å². The van der Waals surface area contributed by atoms with Gasteiger partial charge < -0.3 is 25.6 Å². The van der Waals surface area contributed by atoms with E-state index in [0.717, 1.165) is 29.8 Å². The first-order valence-electron chi connectivity index (χ1n) is 12.5. The number of phenols is 1. The van der Waals surface area contributed by atoms with E-state index in [2.05, 4.69) is 11.5 Å². The minimum atomic E-state index is -0.998. The number of likely N-dealkylation sites (N-methyl/N-ethyl adjacent to an activating group) is 1. The van der Waals surface area contributed by atoms with E-state index >= 15 is 0 Å². The molecule has 4 aliphatic rings. The van der Waals surface area contributed by atoms with Gasteiger partial charge in [-0.05, 0) is 61.6 Å². The number of hydrogen-bond acceptors (Lipinski definition) is 6. The molecular weight excluding hydrogens is 442 g/mol. The molecule has 2 aromatic rings. The Bertz CT molecular complexity index is 1200. The number of carbonyl (C=O) groups is 1. The predicted molar refractivity (Wildman–Crippen MR) is 133 cm³/mol. The topological polar surface area (TPSA) is 99.3 Å². The maximum atomic E-state index is 13.4. The first-order chi connectivity index (χ1) is 16.8. The summed E-state index contributed by atoms with van der Waals surface area (Å²) < 4.78 is 6.56. The number of aliphatic hydroxyl groups is 1. The van der Waals surface area contributed by atoms with Crippen molar-refractivity contribution in [2.75, 3.05) is 25.9 Å². The van der Waals surface area contributed by atoms with Crippen molar-refractivity contribution in [2.24, 2.45) is 0 Å². The van der Waals surface area contributed by atoms with Crippen molar-refractivity contribution in [3.05, 3.63) is 65.7 Å². The normalized spacial score (nSPS) is 32.5. The number of amides is 1. The molecule has 7 heteroatoms. The van der Waals surface area contributed by atoms with Crippen LogP contribution >= 0.6 is 0 Å². The molecule has 1 saturated carbocycles. The Kier molecular flexibility index (Phi) is 4.96. The van der Waals surface area contributed by atoms with E-state index in [4.69, 9.17) is 10.5 Å². The highest BCUT2D eigenvalue weighted by molar-refractivity contribution is 5.79. The van der Waals surface area contributed by atoms with Crippen molar-refractivity contribution in [3.8, 4) is 11.5 Å². The van der Waals surface area contributed by atoms with Gasteiger partial charge in [0.2, 0.25) is 5.91 Å². The number of phenolic OH excluding ortho intramolecular Hbond substituents is 1. The van der Waals surface area contributed by atoms with E-state index in [1.807, 2.05) is 43.5 Å². The van der Waals surface area contributed by atoms with E-state index < -0.39 is 17.1 Å². The Morgan fingerprint density at radius 1 is 1.29 bits per heavy atom. The zero-order chi connectivity index (χ0) is 24.5. The van der Waals surface area contributed by atoms with Crippen molar-refractivity contribution in [3.63, 3.8) is 0 Å². The third-order valence-corrected chi connectivity index (χ3v) is 9.13. The molecule has 1 amide bonds. The van der Waals surface area contributed by atoms with Gasteiger partial charge in [-0.25, -0.2) is 0 Å². The molecule has 2 aromatic carbocycles. The number of ether oxygens (including phenoxy) is 1. The van der Waals surface area contributed by atoms with Crippen molar-refractivity contribution in [2.45, 2.75) is 61.3 Å². The van der Waals surface area contributed by atoms with Gasteiger partial charge in [0.05, 0.1) is 23.5 Å². The highest BCUT2D eigenvalue weighted by Crippen LogP contribution is 2.65. The summed E-state index contributed by atoms with van der Waals surface area (Å²) in [6.45, 7) is 5.46. The Balaban J connectivity index is 1.39. The number of carbonyl (C=O) groups excluding carboxylic acids is 1. The van der Waals surface area contributed by atoms with E-state index in [-0.39, 0.29) is 30.2 Å². The Morgan fingerprint density at radius 2 is 2.06 bits per heavy atom. The van der Waals surface area contributed by atoms with E-state index in [9.17, 15) is 15.0 Å². The molecule has 1 spiro atoms. The van der Waals surface area contributed by atoms with Gasteiger partial charge in [0.15, 0.2) is 11.5 Å². The number of nitrogen functional groups attached to an aromatic ring is 1. The summed E-state index contributed by atoms with van der Waals surface area (Å²) in [5.74, 6) is 0.603. The van der Waals surface area contributed by atoms with Crippen LogP contribution in [0.2, 0.25) is 0 Å². The van der Waals surface area contributed by atoms with Gasteiger partial charge >= 0.3 is 0 Å². The maximum Gasteiger partial charge on any atom is 0.227 e. The fourth-order valence-corrected chi connectivity index (χ4v) is 7.51. The number of nitrogens with zero attached hydrogens (tertiary/aromatic N) is 2. The lowest BCUT2D eigenvalue weighted by molar-refractivity contribution is -0.198. The van der Waals surface area contributed by atoms with Crippen LogP contribution in [0, 0.1) is 0 Å². The van der Waals surface area contributed by atoms with Crippen LogP contribution in [0.25, 0.3) is 0 Å². The van der Waals surface area contributed by atoms with Crippen LogP contribution in [0.3, 0.4) is 0 Å². The Hall–Kier alpha value is -3.03. The predicted octanol–water partition coefficient (Wildman–Crippen LogP) is 2.38. The quantitative estimate of drug-likeness (QED) is 0.454. The molecule has 0 unspecified atom stereocenters. The van der Waals surface area contributed by atoms with Crippen LogP contribution in [0.15, 0.2) is 49.1 Å². The van der Waals surface area contributed by atoms with Crippen molar-refractivity contribution in [1.82, 2.24) is 9.80 Å². The highest BCUT2D eigenvalue weighted by Gasteiger charge is 2.73.